The maximum atomic E-state index is 10.2. The van der Waals surface area contributed by atoms with Gasteiger partial charge in [-0.3, -0.25) is 0 Å². The molecule has 0 aromatic carbocycles. The fraction of sp³-hybridized carbons (Fsp3) is 0.471. The molecule has 0 spiro atoms. The van der Waals surface area contributed by atoms with Gasteiger partial charge in [0.05, 0.1) is 23.4 Å². The molecule has 2 aromatic rings. The fourth-order valence-electron chi connectivity index (χ4n) is 2.99. The van der Waals surface area contributed by atoms with Crippen LogP contribution in [0.25, 0.3) is 0 Å². The lowest BCUT2D eigenvalue weighted by Crippen LogP contribution is -2.36. The molecule has 0 amide bonds. The molecule has 1 saturated carbocycles. The van der Waals surface area contributed by atoms with Crippen molar-refractivity contribution >= 4 is 17.2 Å². The van der Waals surface area contributed by atoms with Crippen LogP contribution in [0.15, 0.2) is 11.6 Å². The predicted octanol–water partition coefficient (Wildman–Crippen LogP) is 0.464. The normalized spacial score (nSPS) is 25.5. The van der Waals surface area contributed by atoms with E-state index in [9.17, 15) is 15.3 Å². The highest BCUT2D eigenvalue weighted by Crippen LogP contribution is 2.29. The van der Waals surface area contributed by atoms with E-state index in [1.54, 1.807) is 13.1 Å². The van der Waals surface area contributed by atoms with Crippen molar-refractivity contribution < 1.29 is 15.3 Å². The number of aliphatic hydroxyl groups excluding tert-OH is 3. The van der Waals surface area contributed by atoms with E-state index < -0.39 is 18.2 Å². The first-order valence-corrected chi connectivity index (χ1v) is 8.88. The van der Waals surface area contributed by atoms with Crippen LogP contribution >= 0.6 is 11.3 Å². The van der Waals surface area contributed by atoms with Gasteiger partial charge in [-0.2, -0.15) is 0 Å². The SMILES string of the molecule is Cc1nc(C)c(C#Cc2nccs2)c(N[C@@H]2C[C@H](CO)[C@@H](O)[C@H]2O)n1. The number of anilines is 1. The number of aryl methyl sites for hydroxylation is 2. The molecule has 1 aliphatic carbocycles. The smallest absolute Gasteiger partial charge is 0.167 e. The maximum Gasteiger partial charge on any atom is 0.167 e. The molecule has 4 atom stereocenters. The van der Waals surface area contributed by atoms with Crippen molar-refractivity contribution in [2.75, 3.05) is 11.9 Å². The maximum absolute atomic E-state index is 10.2. The van der Waals surface area contributed by atoms with Gasteiger partial charge in [0.25, 0.3) is 0 Å². The zero-order valence-corrected chi connectivity index (χ0v) is 14.8. The molecule has 0 saturated heterocycles. The Labute approximate surface area is 149 Å². The zero-order valence-electron chi connectivity index (χ0n) is 14.0. The van der Waals surface area contributed by atoms with E-state index in [0.29, 0.717) is 28.6 Å². The summed E-state index contributed by atoms with van der Waals surface area (Å²) in [6.07, 6.45) is 0.196. The van der Waals surface area contributed by atoms with E-state index in [4.69, 9.17) is 0 Å². The molecule has 2 aromatic heterocycles. The Kier molecular flexibility index (Phi) is 5.30. The van der Waals surface area contributed by atoms with Gasteiger partial charge in [0.15, 0.2) is 5.01 Å². The lowest BCUT2D eigenvalue weighted by molar-refractivity contribution is 0.00445. The highest BCUT2D eigenvalue weighted by atomic mass is 32.1. The summed E-state index contributed by atoms with van der Waals surface area (Å²) in [6.45, 7) is 3.46. The molecule has 1 fully saturated rings. The third kappa shape index (κ3) is 3.80. The van der Waals surface area contributed by atoms with Gasteiger partial charge in [0, 0.05) is 24.1 Å². The number of nitrogens with one attached hydrogen (secondary N) is 1. The van der Waals surface area contributed by atoms with E-state index in [1.807, 2.05) is 12.3 Å². The number of hydrogen-bond acceptors (Lipinski definition) is 8. The van der Waals surface area contributed by atoms with Crippen LogP contribution in [0.4, 0.5) is 5.82 Å². The molecular weight excluding hydrogens is 340 g/mol. The van der Waals surface area contributed by atoms with Crippen molar-refractivity contribution in [3.05, 3.63) is 33.7 Å². The Hall–Kier alpha value is -2.05. The summed E-state index contributed by atoms with van der Waals surface area (Å²) < 4.78 is 0. The number of nitrogens with zero attached hydrogens (tertiary/aromatic N) is 3. The van der Waals surface area contributed by atoms with Gasteiger partial charge in [-0.25, -0.2) is 15.0 Å². The minimum absolute atomic E-state index is 0.172. The highest BCUT2D eigenvalue weighted by molar-refractivity contribution is 7.10. The van der Waals surface area contributed by atoms with Crippen LogP contribution in [0.3, 0.4) is 0 Å². The van der Waals surface area contributed by atoms with Crippen LogP contribution < -0.4 is 5.32 Å². The Morgan fingerprint density at radius 3 is 2.68 bits per heavy atom. The van der Waals surface area contributed by atoms with Crippen molar-refractivity contribution in [3.8, 4) is 11.8 Å². The standard InChI is InChI=1S/C17H20N4O3S/c1-9-12(3-4-14-18-5-6-25-14)17(20-10(2)19-9)21-13-7-11(8-22)15(23)16(13)24/h5-6,11,13,15-16,22-24H,7-8H2,1-2H3,(H,19,20,21)/t11-,13-,15-,16+/m1/s1. The van der Waals surface area contributed by atoms with E-state index in [1.165, 1.54) is 11.3 Å². The Morgan fingerprint density at radius 2 is 2.04 bits per heavy atom. The summed E-state index contributed by atoms with van der Waals surface area (Å²) in [5.41, 5.74) is 1.36. The largest absolute Gasteiger partial charge is 0.396 e. The first-order chi connectivity index (χ1) is 12.0. The monoisotopic (exact) mass is 360 g/mol. The molecule has 3 rings (SSSR count). The van der Waals surface area contributed by atoms with Crippen molar-refractivity contribution in [2.45, 2.75) is 38.5 Å². The fourth-order valence-corrected chi connectivity index (χ4v) is 3.47. The Bertz CT molecular complexity index is 800. The summed E-state index contributed by atoms with van der Waals surface area (Å²) in [4.78, 5) is 12.9. The van der Waals surface area contributed by atoms with Crippen LogP contribution in [-0.4, -0.2) is 55.1 Å². The van der Waals surface area contributed by atoms with Gasteiger partial charge < -0.3 is 20.6 Å². The second kappa shape index (κ2) is 7.45. The lowest BCUT2D eigenvalue weighted by atomic mass is 10.1. The van der Waals surface area contributed by atoms with Crippen LogP contribution in [-0.2, 0) is 0 Å². The molecule has 25 heavy (non-hydrogen) atoms. The van der Waals surface area contributed by atoms with E-state index in [2.05, 4.69) is 32.1 Å². The first kappa shape index (κ1) is 17.8. The van der Waals surface area contributed by atoms with E-state index in [-0.39, 0.29) is 12.5 Å². The Morgan fingerprint density at radius 1 is 1.24 bits per heavy atom. The first-order valence-electron chi connectivity index (χ1n) is 8.00. The van der Waals surface area contributed by atoms with Crippen LogP contribution in [0.1, 0.15) is 28.5 Å². The average Bonchev–Trinajstić information content (AvgIpc) is 3.18. The molecular formula is C17H20N4O3S. The van der Waals surface area contributed by atoms with Crippen LogP contribution in [0.5, 0.6) is 0 Å². The van der Waals surface area contributed by atoms with Crippen LogP contribution in [0.2, 0.25) is 0 Å². The van der Waals surface area contributed by atoms with Gasteiger partial charge in [0.1, 0.15) is 17.7 Å². The molecule has 0 aliphatic heterocycles. The third-order valence-corrected chi connectivity index (χ3v) is 4.98. The van der Waals surface area contributed by atoms with E-state index in [0.717, 1.165) is 5.69 Å². The lowest BCUT2D eigenvalue weighted by Gasteiger charge is -2.20. The summed E-state index contributed by atoms with van der Waals surface area (Å²) in [6, 6.07) is -0.415. The molecule has 0 unspecified atom stereocenters. The Balaban J connectivity index is 1.90. The molecule has 4 N–H and O–H groups in total. The number of aliphatic hydroxyl groups is 3. The van der Waals surface area contributed by atoms with Crippen molar-refractivity contribution in [1.82, 2.24) is 15.0 Å². The van der Waals surface area contributed by atoms with Gasteiger partial charge in [-0.15, -0.1) is 11.3 Å². The molecule has 0 radical (unpaired) electrons. The zero-order chi connectivity index (χ0) is 18.0. The summed E-state index contributed by atoms with van der Waals surface area (Å²) in [7, 11) is 0. The third-order valence-electron chi connectivity index (χ3n) is 4.29. The van der Waals surface area contributed by atoms with Gasteiger partial charge >= 0.3 is 0 Å². The summed E-state index contributed by atoms with van der Waals surface area (Å²) in [5.74, 6) is 6.79. The number of hydrogen-bond donors (Lipinski definition) is 4. The highest BCUT2D eigenvalue weighted by Gasteiger charge is 2.41. The molecule has 0 bridgehead atoms. The van der Waals surface area contributed by atoms with Gasteiger partial charge in [0.2, 0.25) is 0 Å². The second-order valence-electron chi connectivity index (χ2n) is 6.08. The van der Waals surface area contributed by atoms with Crippen molar-refractivity contribution in [2.24, 2.45) is 5.92 Å². The number of thiazole rings is 1. The van der Waals surface area contributed by atoms with E-state index >= 15 is 0 Å². The average molecular weight is 360 g/mol. The minimum Gasteiger partial charge on any atom is -0.396 e. The number of rotatable bonds is 3. The van der Waals surface area contributed by atoms with Crippen molar-refractivity contribution in [3.63, 3.8) is 0 Å². The molecule has 7 nitrogen and oxygen atoms in total. The molecule has 2 heterocycles. The number of aromatic nitrogens is 3. The molecule has 1 aliphatic rings. The topological polar surface area (TPSA) is 111 Å². The minimum atomic E-state index is -0.979. The molecule has 8 heteroatoms. The second-order valence-corrected chi connectivity index (χ2v) is 6.97. The van der Waals surface area contributed by atoms with Gasteiger partial charge in [-0.1, -0.05) is 5.92 Å². The van der Waals surface area contributed by atoms with Gasteiger partial charge in [-0.05, 0) is 26.2 Å². The molecule has 132 valence electrons. The van der Waals surface area contributed by atoms with Crippen LogP contribution in [0, 0.1) is 31.6 Å². The summed E-state index contributed by atoms with van der Waals surface area (Å²) >= 11 is 1.45. The summed E-state index contributed by atoms with van der Waals surface area (Å²) in [5, 5.41) is 35.3. The van der Waals surface area contributed by atoms with Crippen molar-refractivity contribution in [1.29, 1.82) is 0 Å². The predicted molar refractivity (Wildman–Crippen MR) is 94.2 cm³/mol. The quantitative estimate of drug-likeness (QED) is 0.589.